The lowest BCUT2D eigenvalue weighted by Gasteiger charge is -2.42. The van der Waals surface area contributed by atoms with Crippen molar-refractivity contribution in [3.8, 4) is 17.5 Å². The number of amides is 1. The third-order valence-corrected chi connectivity index (χ3v) is 11.4. The second kappa shape index (κ2) is 15.9. The van der Waals surface area contributed by atoms with E-state index in [0.717, 1.165) is 64.8 Å². The summed E-state index contributed by atoms with van der Waals surface area (Å²) in [5.41, 5.74) is 9.28. The number of piperazine rings is 1. The standard InChI is InChI=1S/C35H44Br2N10O2/c1-43-15-17-44(18-16-43)26-7-11-45(12-8-26)33(48)30(21-24-19-28(36)32(39)29(37)20-24)41-34(40-23-38)46-13-9-27(10-14-46)47-22-31(42-35(47)49)25-5-3-2-4-6-25/h2-6,19-20,22,26-27,30H,7-18,21,39H2,1H3,(H,40,41)(H,42,49)/t30-/m1/s1. The average Bonchev–Trinajstić information content (AvgIpc) is 3.52. The van der Waals surface area contributed by atoms with Crippen LogP contribution in [0.5, 0.6) is 0 Å². The average molecular weight is 797 g/mol. The summed E-state index contributed by atoms with van der Waals surface area (Å²) < 4.78 is 3.27. The fourth-order valence-electron chi connectivity index (χ4n) is 7.21. The molecule has 0 radical (unpaired) electrons. The fourth-order valence-corrected chi connectivity index (χ4v) is 8.49. The molecule has 2 aromatic carbocycles. The molecule has 4 heterocycles. The summed E-state index contributed by atoms with van der Waals surface area (Å²) in [5, 5.41) is 12.6. The number of aromatic nitrogens is 2. The van der Waals surface area contributed by atoms with Crippen LogP contribution in [0.1, 0.15) is 37.3 Å². The van der Waals surface area contributed by atoms with Gasteiger partial charge in [-0.1, -0.05) is 30.3 Å². The molecule has 0 saturated carbocycles. The van der Waals surface area contributed by atoms with Crippen LogP contribution in [0.2, 0.25) is 0 Å². The van der Waals surface area contributed by atoms with Crippen molar-refractivity contribution in [2.24, 2.45) is 4.99 Å². The molecule has 260 valence electrons. The summed E-state index contributed by atoms with van der Waals surface area (Å²) >= 11 is 7.09. The number of carbonyl (C=O) groups is 1. The van der Waals surface area contributed by atoms with Crippen molar-refractivity contribution in [1.29, 1.82) is 5.26 Å². The number of nitrogen functional groups attached to an aromatic ring is 1. The van der Waals surface area contributed by atoms with E-state index in [1.165, 1.54) is 0 Å². The van der Waals surface area contributed by atoms with Crippen molar-refractivity contribution in [1.82, 2.24) is 34.5 Å². The van der Waals surface area contributed by atoms with Gasteiger partial charge in [0.2, 0.25) is 11.9 Å². The van der Waals surface area contributed by atoms with Gasteiger partial charge in [0, 0.05) is 86.0 Å². The van der Waals surface area contributed by atoms with Crippen molar-refractivity contribution in [2.45, 2.75) is 50.2 Å². The van der Waals surface area contributed by atoms with E-state index in [2.05, 4.69) is 59.0 Å². The number of nitrogens with two attached hydrogens (primary N) is 1. The van der Waals surface area contributed by atoms with Crippen LogP contribution in [0, 0.1) is 11.5 Å². The highest BCUT2D eigenvalue weighted by molar-refractivity contribution is 9.11. The van der Waals surface area contributed by atoms with Gasteiger partial charge in [0.15, 0.2) is 6.19 Å². The van der Waals surface area contributed by atoms with Crippen molar-refractivity contribution >= 4 is 49.4 Å². The Kier molecular flexibility index (Phi) is 11.4. The maximum absolute atomic E-state index is 14.3. The van der Waals surface area contributed by atoms with Gasteiger partial charge in [0.1, 0.15) is 6.04 Å². The minimum absolute atomic E-state index is 0.00398. The molecule has 0 aliphatic carbocycles. The van der Waals surface area contributed by atoms with Crippen LogP contribution in [-0.4, -0.2) is 113 Å². The van der Waals surface area contributed by atoms with Crippen LogP contribution in [0.15, 0.2) is 67.4 Å². The first-order chi connectivity index (χ1) is 23.7. The molecule has 49 heavy (non-hydrogen) atoms. The minimum atomic E-state index is -0.739. The molecule has 14 heteroatoms. The Labute approximate surface area is 304 Å². The van der Waals surface area contributed by atoms with Gasteiger partial charge in [0.25, 0.3) is 0 Å². The summed E-state index contributed by atoms with van der Waals surface area (Å²) in [6, 6.07) is 13.4. The third-order valence-electron chi connectivity index (χ3n) is 10.1. The first-order valence-corrected chi connectivity index (χ1v) is 18.6. The normalized spacial score (nSPS) is 19.5. The van der Waals surface area contributed by atoms with Gasteiger partial charge in [-0.05, 0) is 87.9 Å². The molecule has 12 nitrogen and oxygen atoms in total. The molecular weight excluding hydrogens is 752 g/mol. The monoisotopic (exact) mass is 794 g/mol. The van der Waals surface area contributed by atoms with E-state index in [9.17, 15) is 14.9 Å². The number of halogens is 2. The number of aliphatic imine (C=N–C) groups is 1. The lowest BCUT2D eigenvalue weighted by atomic mass is 9.99. The molecule has 3 aliphatic rings. The number of anilines is 1. The van der Waals surface area contributed by atoms with E-state index in [-0.39, 0.29) is 17.6 Å². The van der Waals surface area contributed by atoms with Crippen LogP contribution < -0.4 is 16.7 Å². The molecule has 0 bridgehead atoms. The summed E-state index contributed by atoms with van der Waals surface area (Å²) in [4.78, 5) is 44.1. The lowest BCUT2D eigenvalue weighted by Crippen LogP contribution is -2.54. The maximum atomic E-state index is 14.3. The van der Waals surface area contributed by atoms with Crippen molar-refractivity contribution in [2.75, 3.05) is 65.1 Å². The molecule has 3 saturated heterocycles. The molecule has 0 spiro atoms. The molecule has 1 amide bonds. The lowest BCUT2D eigenvalue weighted by molar-refractivity contribution is -0.134. The molecule has 6 rings (SSSR count). The quantitative estimate of drug-likeness (QED) is 0.108. The van der Waals surface area contributed by atoms with Gasteiger partial charge >= 0.3 is 5.69 Å². The number of nitriles is 1. The first kappa shape index (κ1) is 35.2. The van der Waals surface area contributed by atoms with Gasteiger partial charge in [0.05, 0.1) is 11.4 Å². The van der Waals surface area contributed by atoms with E-state index in [0.29, 0.717) is 63.1 Å². The largest absolute Gasteiger partial charge is 0.397 e. The molecule has 1 aromatic heterocycles. The van der Waals surface area contributed by atoms with Gasteiger partial charge in [-0.2, -0.15) is 5.26 Å². The second-order valence-corrected chi connectivity index (χ2v) is 15.0. The molecule has 4 N–H and O–H groups in total. The summed E-state index contributed by atoms with van der Waals surface area (Å²) in [6.45, 7) is 6.79. The van der Waals surface area contributed by atoms with Gasteiger partial charge < -0.3 is 25.4 Å². The number of hydrogen-bond donors (Lipinski definition) is 3. The third kappa shape index (κ3) is 8.40. The fraction of sp³-hybridized carbons (Fsp3) is 0.486. The van der Waals surface area contributed by atoms with Crippen molar-refractivity contribution in [3.05, 3.63) is 73.7 Å². The van der Waals surface area contributed by atoms with Crippen LogP contribution in [-0.2, 0) is 11.2 Å². The Bertz CT molecular complexity index is 1710. The highest BCUT2D eigenvalue weighted by Crippen LogP contribution is 2.31. The molecule has 3 aliphatic heterocycles. The number of imidazole rings is 1. The number of aromatic amines is 1. The number of carbonyl (C=O) groups excluding carboxylic acids is 1. The van der Waals surface area contributed by atoms with Gasteiger partial charge in [-0.3, -0.25) is 19.6 Å². The number of benzene rings is 2. The Morgan fingerprint density at radius 3 is 2.22 bits per heavy atom. The van der Waals surface area contributed by atoms with E-state index in [1.807, 2.05) is 64.7 Å². The minimum Gasteiger partial charge on any atom is -0.397 e. The Balaban J connectivity index is 1.18. The highest BCUT2D eigenvalue weighted by atomic mass is 79.9. The highest BCUT2D eigenvalue weighted by Gasteiger charge is 2.33. The van der Waals surface area contributed by atoms with Crippen molar-refractivity contribution in [3.63, 3.8) is 0 Å². The topological polar surface area (TPSA) is 142 Å². The van der Waals surface area contributed by atoms with E-state index in [4.69, 9.17) is 10.7 Å². The zero-order valence-corrected chi connectivity index (χ0v) is 31.0. The number of piperidine rings is 2. The summed E-state index contributed by atoms with van der Waals surface area (Å²) in [6.07, 6.45) is 7.54. The summed E-state index contributed by atoms with van der Waals surface area (Å²) in [7, 11) is 2.17. The predicted molar refractivity (Wildman–Crippen MR) is 199 cm³/mol. The van der Waals surface area contributed by atoms with Crippen LogP contribution in [0.25, 0.3) is 11.3 Å². The Hall–Kier alpha value is -3.64. The number of likely N-dealkylation sites (tertiary alicyclic amines) is 2. The number of nitrogens with zero attached hydrogens (tertiary/aromatic N) is 7. The number of nitrogens with one attached hydrogen (secondary N) is 2. The Morgan fingerprint density at radius 2 is 1.59 bits per heavy atom. The van der Waals surface area contributed by atoms with E-state index in [1.54, 1.807) is 4.57 Å². The zero-order valence-electron chi connectivity index (χ0n) is 27.8. The Morgan fingerprint density at radius 1 is 0.980 bits per heavy atom. The predicted octanol–water partition coefficient (Wildman–Crippen LogP) is 3.86. The molecule has 3 fully saturated rings. The maximum Gasteiger partial charge on any atom is 0.326 e. The zero-order chi connectivity index (χ0) is 34.5. The van der Waals surface area contributed by atoms with Crippen molar-refractivity contribution < 1.29 is 4.79 Å². The second-order valence-electron chi connectivity index (χ2n) is 13.2. The molecule has 0 unspecified atom stereocenters. The van der Waals surface area contributed by atoms with Crippen LogP contribution in [0.3, 0.4) is 0 Å². The molecule has 1 atom stereocenters. The van der Waals surface area contributed by atoms with E-state index < -0.39 is 6.04 Å². The smallest absolute Gasteiger partial charge is 0.326 e. The number of likely N-dealkylation sites (N-methyl/N-ethyl adjacent to an activating group) is 1. The van der Waals surface area contributed by atoms with E-state index >= 15 is 0 Å². The number of guanidine groups is 1. The molecular formula is C35H44Br2N10O2. The number of H-pyrrole nitrogens is 1. The number of hydrogen-bond acceptors (Lipinski definition) is 7. The van der Waals surface area contributed by atoms with Crippen LogP contribution in [0.4, 0.5) is 5.69 Å². The summed E-state index contributed by atoms with van der Waals surface area (Å²) in [5.74, 6) is 0.340. The van der Waals surface area contributed by atoms with Gasteiger partial charge in [-0.15, -0.1) is 0 Å². The number of rotatable bonds is 7. The SMILES string of the molecule is CN1CCN(C2CCN(C(=O)[C@@H](Cc3cc(Br)c(N)c(Br)c3)N=C(NC#N)N3CCC(n4cc(-c5ccccc5)[nH]c4=O)CC3)CC2)CC1. The molecule has 3 aromatic rings. The van der Waals surface area contributed by atoms with Gasteiger partial charge in [-0.25, -0.2) is 9.79 Å². The van der Waals surface area contributed by atoms with Crippen LogP contribution >= 0.6 is 31.9 Å². The first-order valence-electron chi connectivity index (χ1n) is 17.0.